The van der Waals surface area contributed by atoms with Crippen LogP contribution in [0.5, 0.6) is 0 Å². The van der Waals surface area contributed by atoms with Crippen molar-refractivity contribution in [3.05, 3.63) is 89.8 Å². The number of hydrogen-bond donors (Lipinski definition) is 0. The number of carbonyl (C=O) groups is 1. The van der Waals surface area contributed by atoms with Gasteiger partial charge in [0, 0.05) is 0 Å². The van der Waals surface area contributed by atoms with Crippen molar-refractivity contribution in [3.8, 4) is 0 Å². The van der Waals surface area contributed by atoms with Crippen LogP contribution in [0.25, 0.3) is 6.08 Å². The molecule has 0 N–H and O–H groups in total. The predicted molar refractivity (Wildman–Crippen MR) is 93.4 cm³/mol. The molecule has 2 aromatic rings. The lowest BCUT2D eigenvalue weighted by Crippen LogP contribution is -2.32. The fourth-order valence-electron chi connectivity index (χ4n) is 2.86. The number of cyclic esters (lactones) is 1. The van der Waals surface area contributed by atoms with E-state index in [2.05, 4.69) is 4.99 Å². The SMILES string of the molecule is O=C1OCC(c2ccccc2)N1C1=CN=C1C=Cc1ccccc1. The van der Waals surface area contributed by atoms with E-state index >= 15 is 0 Å². The van der Waals surface area contributed by atoms with Gasteiger partial charge in [0.1, 0.15) is 6.61 Å². The number of aliphatic imine (C=N–C) groups is 1. The van der Waals surface area contributed by atoms with E-state index in [0.29, 0.717) is 6.61 Å². The lowest BCUT2D eigenvalue weighted by atomic mass is 10.0. The molecule has 2 aliphatic rings. The van der Waals surface area contributed by atoms with Crippen LogP contribution in [0.1, 0.15) is 17.2 Å². The average molecular weight is 316 g/mol. The maximum atomic E-state index is 12.2. The van der Waals surface area contributed by atoms with E-state index in [4.69, 9.17) is 4.74 Å². The molecule has 0 bridgehead atoms. The Balaban J connectivity index is 1.54. The van der Waals surface area contributed by atoms with E-state index in [1.807, 2.05) is 72.8 Å². The Bertz CT molecular complexity index is 838. The second kappa shape index (κ2) is 6.16. The van der Waals surface area contributed by atoms with Gasteiger partial charge in [-0.05, 0) is 17.2 Å². The zero-order valence-corrected chi connectivity index (χ0v) is 13.0. The second-order valence-corrected chi connectivity index (χ2v) is 5.65. The highest BCUT2D eigenvalue weighted by molar-refractivity contribution is 6.15. The molecule has 1 fully saturated rings. The van der Waals surface area contributed by atoms with Crippen molar-refractivity contribution >= 4 is 17.9 Å². The fourth-order valence-corrected chi connectivity index (χ4v) is 2.86. The summed E-state index contributed by atoms with van der Waals surface area (Å²) in [6.45, 7) is 0.357. The first-order valence-electron chi connectivity index (χ1n) is 7.85. The number of ether oxygens (including phenoxy) is 1. The highest BCUT2D eigenvalue weighted by Gasteiger charge is 2.39. The lowest BCUT2D eigenvalue weighted by molar-refractivity contribution is 0.165. The molecular weight excluding hydrogens is 300 g/mol. The van der Waals surface area contributed by atoms with Gasteiger partial charge in [0.25, 0.3) is 0 Å². The minimum atomic E-state index is -0.324. The Morgan fingerprint density at radius 2 is 1.71 bits per heavy atom. The van der Waals surface area contributed by atoms with E-state index < -0.39 is 0 Å². The number of amides is 1. The van der Waals surface area contributed by atoms with Crippen LogP contribution in [0.4, 0.5) is 4.79 Å². The Hall–Kier alpha value is -3.14. The molecular formula is C20H16N2O2. The summed E-state index contributed by atoms with van der Waals surface area (Å²) in [6, 6.07) is 19.8. The quantitative estimate of drug-likeness (QED) is 0.848. The first-order valence-corrected chi connectivity index (χ1v) is 7.85. The molecule has 2 aliphatic heterocycles. The van der Waals surface area contributed by atoms with Crippen LogP contribution >= 0.6 is 0 Å². The molecule has 4 heteroatoms. The molecule has 0 aromatic heterocycles. The van der Waals surface area contributed by atoms with Gasteiger partial charge in [-0.2, -0.15) is 0 Å². The monoisotopic (exact) mass is 316 g/mol. The molecule has 1 unspecified atom stereocenters. The molecule has 4 nitrogen and oxygen atoms in total. The number of hydrogen-bond acceptors (Lipinski definition) is 3. The minimum Gasteiger partial charge on any atom is -0.447 e. The van der Waals surface area contributed by atoms with Crippen molar-refractivity contribution in [1.82, 2.24) is 4.90 Å². The zero-order valence-electron chi connectivity index (χ0n) is 13.0. The van der Waals surface area contributed by atoms with Gasteiger partial charge in [0.2, 0.25) is 0 Å². The first-order chi connectivity index (χ1) is 11.8. The van der Waals surface area contributed by atoms with Gasteiger partial charge in [-0.15, -0.1) is 0 Å². The lowest BCUT2D eigenvalue weighted by Gasteiger charge is -2.27. The Labute approximate surface area is 140 Å². The van der Waals surface area contributed by atoms with Gasteiger partial charge >= 0.3 is 6.09 Å². The van der Waals surface area contributed by atoms with Crippen molar-refractivity contribution in [2.45, 2.75) is 6.04 Å². The van der Waals surface area contributed by atoms with E-state index in [0.717, 1.165) is 22.5 Å². The van der Waals surface area contributed by atoms with Gasteiger partial charge in [-0.1, -0.05) is 66.7 Å². The summed E-state index contributed by atoms with van der Waals surface area (Å²) in [4.78, 5) is 18.2. The van der Waals surface area contributed by atoms with Crippen molar-refractivity contribution in [2.24, 2.45) is 4.99 Å². The molecule has 0 spiro atoms. The largest absolute Gasteiger partial charge is 0.447 e. The Morgan fingerprint density at radius 3 is 2.38 bits per heavy atom. The van der Waals surface area contributed by atoms with E-state index in [9.17, 15) is 4.79 Å². The summed E-state index contributed by atoms with van der Waals surface area (Å²) >= 11 is 0. The van der Waals surface area contributed by atoms with Gasteiger partial charge < -0.3 is 4.74 Å². The zero-order chi connectivity index (χ0) is 16.4. The maximum Gasteiger partial charge on any atom is 0.415 e. The molecule has 1 amide bonds. The third-order valence-corrected chi connectivity index (χ3v) is 4.14. The first kappa shape index (κ1) is 14.5. The van der Waals surface area contributed by atoms with Crippen LogP contribution in [0.2, 0.25) is 0 Å². The Kier molecular flexibility index (Phi) is 3.71. The predicted octanol–water partition coefficient (Wildman–Crippen LogP) is 4.19. The standard InChI is InChI=1S/C20H16N2O2/c23-20-22(19(14-24-20)16-9-5-2-6-10-16)18-13-21-17(18)12-11-15-7-3-1-4-8-15/h1-13,19H,14H2. The number of rotatable bonds is 4. The van der Waals surface area contributed by atoms with Crippen molar-refractivity contribution in [3.63, 3.8) is 0 Å². The van der Waals surface area contributed by atoms with E-state index in [1.165, 1.54) is 0 Å². The van der Waals surface area contributed by atoms with Crippen LogP contribution in [-0.4, -0.2) is 23.3 Å². The highest BCUT2D eigenvalue weighted by Crippen LogP contribution is 2.34. The summed E-state index contributed by atoms with van der Waals surface area (Å²) < 4.78 is 5.27. The summed E-state index contributed by atoms with van der Waals surface area (Å²) in [5.41, 5.74) is 3.75. The van der Waals surface area contributed by atoms with Crippen LogP contribution in [0, 0.1) is 0 Å². The third kappa shape index (κ3) is 2.63. The molecule has 0 radical (unpaired) electrons. The Morgan fingerprint density at radius 1 is 1.00 bits per heavy atom. The summed E-state index contributed by atoms with van der Waals surface area (Å²) in [7, 11) is 0. The summed E-state index contributed by atoms with van der Waals surface area (Å²) in [5.74, 6) is 0. The van der Waals surface area contributed by atoms with Crippen molar-refractivity contribution < 1.29 is 9.53 Å². The van der Waals surface area contributed by atoms with E-state index in [1.54, 1.807) is 11.1 Å². The van der Waals surface area contributed by atoms with Crippen LogP contribution in [0.15, 0.2) is 83.6 Å². The average Bonchev–Trinajstić information content (AvgIpc) is 2.97. The van der Waals surface area contributed by atoms with Crippen molar-refractivity contribution in [1.29, 1.82) is 0 Å². The number of allylic oxidation sites excluding steroid dienone is 1. The molecule has 1 saturated heterocycles. The number of benzene rings is 2. The van der Waals surface area contributed by atoms with Gasteiger partial charge in [-0.3, -0.25) is 9.89 Å². The number of nitrogens with zero attached hydrogens (tertiary/aromatic N) is 2. The van der Waals surface area contributed by atoms with Gasteiger partial charge in [0.15, 0.2) is 0 Å². The van der Waals surface area contributed by atoms with Crippen molar-refractivity contribution in [2.75, 3.05) is 6.61 Å². The topological polar surface area (TPSA) is 41.9 Å². The molecule has 24 heavy (non-hydrogen) atoms. The normalized spacial score (nSPS) is 19.8. The van der Waals surface area contributed by atoms with Crippen LogP contribution < -0.4 is 0 Å². The molecule has 2 aromatic carbocycles. The summed E-state index contributed by atoms with van der Waals surface area (Å²) in [6.07, 6.45) is 5.31. The van der Waals surface area contributed by atoms with E-state index in [-0.39, 0.29) is 12.1 Å². The van der Waals surface area contributed by atoms with Crippen LogP contribution in [-0.2, 0) is 4.74 Å². The molecule has 4 rings (SSSR count). The van der Waals surface area contributed by atoms with Gasteiger partial charge in [0.05, 0.1) is 23.7 Å². The third-order valence-electron chi connectivity index (χ3n) is 4.14. The molecule has 2 heterocycles. The second-order valence-electron chi connectivity index (χ2n) is 5.65. The smallest absolute Gasteiger partial charge is 0.415 e. The molecule has 118 valence electrons. The molecule has 1 atom stereocenters. The number of carbonyl (C=O) groups excluding carboxylic acids is 1. The molecule has 0 saturated carbocycles. The van der Waals surface area contributed by atoms with Crippen LogP contribution in [0.3, 0.4) is 0 Å². The highest BCUT2D eigenvalue weighted by atomic mass is 16.6. The maximum absolute atomic E-state index is 12.2. The minimum absolute atomic E-state index is 0.111. The summed E-state index contributed by atoms with van der Waals surface area (Å²) in [5, 5.41) is 0. The van der Waals surface area contributed by atoms with Gasteiger partial charge in [-0.25, -0.2) is 4.79 Å². The fraction of sp³-hybridized carbons (Fsp3) is 0.100. The molecule has 0 aliphatic carbocycles.